The van der Waals surface area contributed by atoms with Crippen molar-refractivity contribution in [3.63, 3.8) is 0 Å². The highest BCUT2D eigenvalue weighted by molar-refractivity contribution is 5.07. The van der Waals surface area contributed by atoms with Crippen LogP contribution in [0.3, 0.4) is 0 Å². The van der Waals surface area contributed by atoms with Crippen LogP contribution in [0.5, 0.6) is 0 Å². The summed E-state index contributed by atoms with van der Waals surface area (Å²) < 4.78 is 0. The Morgan fingerprint density at radius 2 is 2.00 bits per heavy atom. The molecule has 0 spiro atoms. The van der Waals surface area contributed by atoms with Crippen LogP contribution in [0.25, 0.3) is 0 Å². The Balaban J connectivity index is 2.83. The normalized spacial score (nSPS) is 34.1. The predicted molar refractivity (Wildman–Crippen MR) is 65.4 cm³/mol. The minimum absolute atomic E-state index is 0.156. The van der Waals surface area contributed by atoms with Crippen LogP contribution in [0, 0.1) is 5.92 Å². The lowest BCUT2D eigenvalue weighted by molar-refractivity contribution is 0.0590. The fourth-order valence-electron chi connectivity index (χ4n) is 2.74. The maximum atomic E-state index is 5.62. The van der Waals surface area contributed by atoms with Gasteiger partial charge >= 0.3 is 0 Å². The molecule has 0 aliphatic heterocycles. The first-order valence-electron chi connectivity index (χ1n) is 5.83. The van der Waals surface area contributed by atoms with Gasteiger partial charge in [0.2, 0.25) is 0 Å². The highest BCUT2D eigenvalue weighted by Crippen LogP contribution is 2.37. The Morgan fingerprint density at radius 3 is 2.33 bits per heavy atom. The topological polar surface area (TPSA) is 41.3 Å². The third-order valence-electron chi connectivity index (χ3n) is 4.02. The zero-order valence-electron chi connectivity index (χ0n) is 10.3. The summed E-state index contributed by atoms with van der Waals surface area (Å²) in [6.45, 7) is 6.22. The maximum absolute atomic E-state index is 5.62. The monoisotopic (exact) mass is 211 g/mol. The van der Waals surface area contributed by atoms with E-state index >= 15 is 0 Å². The molecule has 88 valence electrons. The Labute approximate surface area is 93.7 Å². The number of rotatable bonds is 4. The molecule has 0 aromatic carbocycles. The van der Waals surface area contributed by atoms with E-state index in [2.05, 4.69) is 37.9 Å². The van der Waals surface area contributed by atoms with Gasteiger partial charge in [-0.1, -0.05) is 13.0 Å². The average molecular weight is 211 g/mol. The van der Waals surface area contributed by atoms with Crippen molar-refractivity contribution >= 4 is 0 Å². The third kappa shape index (κ3) is 2.41. The minimum Gasteiger partial charge on any atom is -0.302 e. The third-order valence-corrected chi connectivity index (χ3v) is 4.02. The molecule has 0 aromatic heterocycles. The average Bonchev–Trinajstić information content (AvgIpc) is 2.22. The highest BCUT2D eigenvalue weighted by atomic mass is 15.3. The van der Waals surface area contributed by atoms with E-state index in [-0.39, 0.29) is 11.6 Å². The van der Waals surface area contributed by atoms with Gasteiger partial charge in [0.25, 0.3) is 0 Å². The predicted octanol–water partition coefficient (Wildman–Crippen LogP) is 1.51. The van der Waals surface area contributed by atoms with Crippen LogP contribution < -0.4 is 11.3 Å². The molecule has 1 unspecified atom stereocenters. The van der Waals surface area contributed by atoms with Gasteiger partial charge in [0.05, 0.1) is 6.04 Å². The summed E-state index contributed by atoms with van der Waals surface area (Å²) in [5.74, 6) is 6.47. The summed E-state index contributed by atoms with van der Waals surface area (Å²) in [7, 11) is 4.29. The summed E-state index contributed by atoms with van der Waals surface area (Å²) in [5.41, 5.74) is 3.05. The van der Waals surface area contributed by atoms with Gasteiger partial charge in [0.15, 0.2) is 0 Å². The van der Waals surface area contributed by atoms with Gasteiger partial charge in [-0.15, -0.1) is 6.58 Å². The number of nitrogens with one attached hydrogen (secondary N) is 1. The number of likely N-dealkylation sites (N-methyl/N-ethyl adjacent to an activating group) is 1. The van der Waals surface area contributed by atoms with E-state index in [1.54, 1.807) is 0 Å². The molecule has 3 heteroatoms. The van der Waals surface area contributed by atoms with Crippen LogP contribution in [0.4, 0.5) is 0 Å². The molecule has 1 saturated carbocycles. The molecular formula is C12H25N3. The van der Waals surface area contributed by atoms with Gasteiger partial charge in [-0.05, 0) is 45.7 Å². The Hall–Kier alpha value is -0.380. The van der Waals surface area contributed by atoms with Gasteiger partial charge in [-0.3, -0.25) is 11.3 Å². The smallest absolute Gasteiger partial charge is 0.0571 e. The summed E-state index contributed by atoms with van der Waals surface area (Å²) in [5, 5.41) is 0. The van der Waals surface area contributed by atoms with Gasteiger partial charge in [-0.2, -0.15) is 0 Å². The zero-order valence-corrected chi connectivity index (χ0v) is 10.3. The van der Waals surface area contributed by atoms with E-state index in [1.807, 2.05) is 6.08 Å². The highest BCUT2D eigenvalue weighted by Gasteiger charge is 2.41. The van der Waals surface area contributed by atoms with Gasteiger partial charge in [0, 0.05) is 5.54 Å². The standard InChI is InChI=1S/C12H25N3/c1-5-11(14-13)12(15(3)4)8-6-10(2)7-9-12/h5,10-11,14H,1,6-9,13H2,2-4H3. The van der Waals surface area contributed by atoms with Crippen molar-refractivity contribution in [2.45, 2.75) is 44.2 Å². The first-order valence-corrected chi connectivity index (χ1v) is 5.83. The van der Waals surface area contributed by atoms with E-state index in [0.29, 0.717) is 0 Å². The molecule has 0 amide bonds. The summed E-state index contributed by atoms with van der Waals surface area (Å²) >= 11 is 0. The van der Waals surface area contributed by atoms with Crippen LogP contribution >= 0.6 is 0 Å². The molecule has 0 aromatic rings. The van der Waals surface area contributed by atoms with Crippen LogP contribution in [0.2, 0.25) is 0 Å². The number of hydrogen-bond acceptors (Lipinski definition) is 3. The number of nitrogens with zero attached hydrogens (tertiary/aromatic N) is 1. The molecule has 0 radical (unpaired) electrons. The van der Waals surface area contributed by atoms with E-state index < -0.39 is 0 Å². The van der Waals surface area contributed by atoms with E-state index in [4.69, 9.17) is 5.84 Å². The number of hydrogen-bond donors (Lipinski definition) is 2. The van der Waals surface area contributed by atoms with Gasteiger partial charge < -0.3 is 4.90 Å². The molecule has 1 atom stereocenters. The first-order chi connectivity index (χ1) is 7.06. The Kier molecular flexibility index (Phi) is 4.32. The zero-order chi connectivity index (χ0) is 11.5. The van der Waals surface area contributed by atoms with Crippen molar-refractivity contribution in [3.8, 4) is 0 Å². The molecule has 1 fully saturated rings. The molecule has 3 nitrogen and oxygen atoms in total. The summed E-state index contributed by atoms with van der Waals surface area (Å²) in [4.78, 5) is 2.31. The second-order valence-electron chi connectivity index (χ2n) is 5.06. The van der Waals surface area contributed by atoms with E-state index in [0.717, 1.165) is 5.92 Å². The second-order valence-corrected chi connectivity index (χ2v) is 5.06. The van der Waals surface area contributed by atoms with Crippen molar-refractivity contribution in [1.29, 1.82) is 0 Å². The molecule has 0 saturated heterocycles. The van der Waals surface area contributed by atoms with Crippen molar-refractivity contribution in [2.75, 3.05) is 14.1 Å². The Bertz CT molecular complexity index is 205. The molecule has 1 aliphatic carbocycles. The molecule has 1 aliphatic rings. The van der Waals surface area contributed by atoms with Crippen LogP contribution in [0.15, 0.2) is 12.7 Å². The van der Waals surface area contributed by atoms with Gasteiger partial charge in [-0.25, -0.2) is 0 Å². The first kappa shape index (κ1) is 12.7. The van der Waals surface area contributed by atoms with Crippen LogP contribution in [0.1, 0.15) is 32.6 Å². The lowest BCUT2D eigenvalue weighted by atomic mass is 9.72. The van der Waals surface area contributed by atoms with Crippen molar-refractivity contribution < 1.29 is 0 Å². The lowest BCUT2D eigenvalue weighted by Gasteiger charge is -2.48. The fraction of sp³-hybridized carbons (Fsp3) is 0.833. The molecule has 15 heavy (non-hydrogen) atoms. The van der Waals surface area contributed by atoms with Gasteiger partial charge in [0.1, 0.15) is 0 Å². The van der Waals surface area contributed by atoms with Crippen LogP contribution in [-0.4, -0.2) is 30.6 Å². The molecule has 3 N–H and O–H groups in total. The Morgan fingerprint density at radius 1 is 1.47 bits per heavy atom. The summed E-state index contributed by atoms with van der Waals surface area (Å²) in [6, 6.07) is 0.181. The maximum Gasteiger partial charge on any atom is 0.0571 e. The summed E-state index contributed by atoms with van der Waals surface area (Å²) in [6.07, 6.45) is 6.90. The van der Waals surface area contributed by atoms with E-state index in [9.17, 15) is 0 Å². The fourth-order valence-corrected chi connectivity index (χ4v) is 2.74. The second kappa shape index (κ2) is 5.10. The number of nitrogens with two attached hydrogens (primary N) is 1. The van der Waals surface area contributed by atoms with E-state index in [1.165, 1.54) is 25.7 Å². The molecule has 1 rings (SSSR count). The molecule has 0 bridgehead atoms. The van der Waals surface area contributed by atoms with Crippen molar-refractivity contribution in [2.24, 2.45) is 11.8 Å². The molecular weight excluding hydrogens is 186 g/mol. The van der Waals surface area contributed by atoms with Crippen LogP contribution in [-0.2, 0) is 0 Å². The number of hydrazine groups is 1. The van der Waals surface area contributed by atoms with Crippen molar-refractivity contribution in [3.05, 3.63) is 12.7 Å². The minimum atomic E-state index is 0.156. The largest absolute Gasteiger partial charge is 0.302 e. The molecule has 0 heterocycles. The SMILES string of the molecule is C=CC(NN)C1(N(C)C)CCC(C)CC1. The quantitative estimate of drug-likeness (QED) is 0.421. The van der Waals surface area contributed by atoms with Crippen molar-refractivity contribution in [1.82, 2.24) is 10.3 Å². The lowest BCUT2D eigenvalue weighted by Crippen LogP contribution is -2.61.